The van der Waals surface area contributed by atoms with Crippen LogP contribution in [0, 0.1) is 0 Å². The first-order chi connectivity index (χ1) is 56.2. The van der Waals surface area contributed by atoms with Gasteiger partial charge in [-0.25, -0.2) is 9.13 Å². The molecule has 0 spiro atoms. The quantitative estimate of drug-likeness (QED) is 0.0146. The van der Waals surface area contributed by atoms with Crippen LogP contribution in [-0.4, -0.2) is 95.9 Å². The molecule has 0 radical (unpaired) electrons. The molecule has 0 amide bonds. The maximum atomic E-state index is 13.0. The van der Waals surface area contributed by atoms with Gasteiger partial charge in [-0.3, -0.25) is 32.5 Å². The number of hydrogen-bond acceptors (Lipinski definition) is 14. The molecule has 660 valence electrons. The highest BCUT2D eigenvalue weighted by molar-refractivity contribution is 7.47. The number of phosphoric ester groups is 2. The molecule has 0 saturated carbocycles. The molecule has 0 aliphatic carbocycles. The Bertz CT molecular complexity index is 2720. The number of carbonyl (C=O) groups is 3. The van der Waals surface area contributed by atoms with Crippen molar-refractivity contribution >= 4 is 33.6 Å². The second kappa shape index (κ2) is 88.5. The van der Waals surface area contributed by atoms with E-state index in [2.05, 4.69) is 179 Å². The van der Waals surface area contributed by atoms with Crippen LogP contribution in [0.4, 0.5) is 0 Å². The van der Waals surface area contributed by atoms with Crippen molar-refractivity contribution in [3.63, 3.8) is 0 Å². The molecule has 115 heavy (non-hydrogen) atoms. The van der Waals surface area contributed by atoms with Crippen LogP contribution in [0.5, 0.6) is 0 Å². The normalized spacial score (nSPS) is 14.5. The molecule has 0 bridgehead atoms. The maximum Gasteiger partial charge on any atom is 0.472 e. The smallest absolute Gasteiger partial charge is 0.463 e. The van der Waals surface area contributed by atoms with E-state index < -0.39 is 91.5 Å². The number of phosphoric acid groups is 2. The van der Waals surface area contributed by atoms with E-state index in [1.54, 1.807) is 0 Å². The Balaban J connectivity index is 4.48. The summed E-state index contributed by atoms with van der Waals surface area (Å²) in [6.45, 7) is 2.43. The third-order valence-electron chi connectivity index (χ3n) is 19.2. The summed E-state index contributed by atoms with van der Waals surface area (Å²) >= 11 is 0. The molecule has 0 aromatic rings. The lowest BCUT2D eigenvalue weighted by Crippen LogP contribution is -2.30. The van der Waals surface area contributed by atoms with Crippen molar-refractivity contribution in [2.45, 2.75) is 399 Å². The zero-order valence-corrected chi connectivity index (χ0v) is 74.5. The third-order valence-corrected chi connectivity index (χ3v) is 21.1. The van der Waals surface area contributed by atoms with Gasteiger partial charge in [0, 0.05) is 19.3 Å². The van der Waals surface area contributed by atoms with Gasteiger partial charge in [-0.15, -0.1) is 0 Å². The fourth-order valence-electron chi connectivity index (χ4n) is 12.3. The summed E-state index contributed by atoms with van der Waals surface area (Å²) < 4.78 is 61.4. The van der Waals surface area contributed by atoms with Gasteiger partial charge in [0.1, 0.15) is 25.4 Å². The first-order valence-corrected chi connectivity index (χ1v) is 48.8. The predicted molar refractivity (Wildman–Crippen MR) is 482 cm³/mol. The van der Waals surface area contributed by atoms with Crippen LogP contribution < -0.4 is 0 Å². The first kappa shape index (κ1) is 110. The second-order valence-electron chi connectivity index (χ2n) is 30.3. The summed E-state index contributed by atoms with van der Waals surface area (Å²) in [7, 11) is -9.81. The zero-order valence-electron chi connectivity index (χ0n) is 72.7. The van der Waals surface area contributed by atoms with Gasteiger partial charge in [0.2, 0.25) is 0 Å². The van der Waals surface area contributed by atoms with Crippen molar-refractivity contribution in [3.8, 4) is 0 Å². The van der Waals surface area contributed by atoms with E-state index in [-0.39, 0.29) is 19.3 Å². The molecule has 0 rings (SSSR count). The van der Waals surface area contributed by atoms with E-state index in [1.165, 1.54) is 167 Å². The minimum atomic E-state index is -4.95. The number of ether oxygens (including phenoxy) is 3. The van der Waals surface area contributed by atoms with E-state index in [1.807, 2.05) is 0 Å². The van der Waals surface area contributed by atoms with Crippen LogP contribution in [-0.2, 0) is 55.8 Å². The van der Waals surface area contributed by atoms with Crippen LogP contribution in [0.3, 0.4) is 0 Å². The monoisotopic (exact) mass is 1650 g/mol. The van der Waals surface area contributed by atoms with Gasteiger partial charge in [-0.05, 0) is 148 Å². The van der Waals surface area contributed by atoms with Crippen LogP contribution in [0.2, 0.25) is 0 Å². The van der Waals surface area contributed by atoms with Gasteiger partial charge in [0.15, 0.2) is 6.10 Å². The number of unbranched alkanes of at least 4 members (excludes halogenated alkanes) is 37. The minimum absolute atomic E-state index is 0.0725. The van der Waals surface area contributed by atoms with E-state index >= 15 is 0 Å². The number of hydrogen-bond donors (Lipinski definition) is 4. The van der Waals surface area contributed by atoms with Crippen LogP contribution >= 0.6 is 15.6 Å². The zero-order chi connectivity index (χ0) is 83.6. The summed E-state index contributed by atoms with van der Waals surface area (Å²) in [5.74, 6) is -1.60. The Morgan fingerprint density at radius 3 is 0.730 bits per heavy atom. The molecule has 0 aliphatic rings. The summed E-state index contributed by atoms with van der Waals surface area (Å²) in [5.41, 5.74) is 0. The lowest BCUT2D eigenvalue weighted by molar-refractivity contribution is -0.161. The largest absolute Gasteiger partial charge is 0.472 e. The van der Waals surface area contributed by atoms with Crippen molar-refractivity contribution < 1.29 is 75.8 Å². The Kier molecular flexibility index (Phi) is 84.7. The third kappa shape index (κ3) is 89.8. The average Bonchev–Trinajstić information content (AvgIpc) is 0.872. The fraction of sp³-hybridized carbons (Fsp3) is 0.701. The number of aliphatic hydroxyl groups is 2. The molecule has 0 aromatic heterocycles. The van der Waals surface area contributed by atoms with E-state index in [0.717, 1.165) is 154 Å². The molecule has 0 aromatic carbocycles. The summed E-state index contributed by atoms with van der Waals surface area (Å²) in [4.78, 5) is 58.9. The number of carbonyl (C=O) groups excluding carboxylic acids is 3. The molecule has 18 heteroatoms. The number of allylic oxidation sites excluding steroid dienone is 26. The van der Waals surface area contributed by atoms with Gasteiger partial charge in [-0.1, -0.05) is 371 Å². The standard InChI is InChI=1S/C97H166O16P2/c1-4-7-10-13-16-19-22-25-28-31-33-35-37-39-41-42-43-44-45-46-47-48-50-52-53-55-57-60-62-65-68-71-74-77-80-83-95(100)107-86-92(98)87-109-114(103,104)110-88-93(99)89-111-115(105,106)112-91-94(113-97(102)85-82-79-76-73-70-67-64-59-30-27-24-21-18-15-12-9-6-3)90-108-96(101)84-81-78-75-72-69-66-63-61-58-56-54-51-49-40-38-36-34-32-29-26-23-20-17-14-11-8-5-2/h8-9,11-12,16-21,25-30,33-36,39-41,49,64,67,92-94,98-99H,4-7,10,13-15,22-24,31-32,37-38,42-48,50-63,65-66,68-91H2,1-3H3,(H,103,104)(H,105,106)/b11-8-,12-9-,19-16-,20-17-,21-18-,28-25-,29-26-,30-27-,35-33-,36-34-,41-39-,49-40-,67-64-. The molecule has 5 atom stereocenters. The summed E-state index contributed by atoms with van der Waals surface area (Å²) in [6.07, 6.45) is 113. The molecule has 5 unspecified atom stereocenters. The molecular weight excluding hydrogens is 1480 g/mol. The molecule has 4 N–H and O–H groups in total. The Morgan fingerprint density at radius 2 is 0.461 bits per heavy atom. The van der Waals surface area contributed by atoms with E-state index in [4.69, 9.17) is 32.3 Å². The molecule has 0 saturated heterocycles. The average molecular weight is 1650 g/mol. The topological polar surface area (TPSA) is 231 Å². The molecule has 16 nitrogen and oxygen atoms in total. The van der Waals surface area contributed by atoms with Gasteiger partial charge < -0.3 is 34.2 Å². The summed E-state index contributed by atoms with van der Waals surface area (Å²) in [5, 5.41) is 20.7. The molecule has 0 aliphatic heterocycles. The van der Waals surface area contributed by atoms with Crippen molar-refractivity contribution in [3.05, 3.63) is 158 Å². The number of aliphatic hydroxyl groups excluding tert-OH is 2. The lowest BCUT2D eigenvalue weighted by Gasteiger charge is -2.21. The van der Waals surface area contributed by atoms with Crippen molar-refractivity contribution in [1.29, 1.82) is 0 Å². The molecular formula is C97H166O16P2. The van der Waals surface area contributed by atoms with E-state index in [0.29, 0.717) is 19.3 Å². The summed E-state index contributed by atoms with van der Waals surface area (Å²) in [6, 6.07) is 0. The highest BCUT2D eigenvalue weighted by atomic mass is 31.2. The van der Waals surface area contributed by atoms with Crippen LogP contribution in [0.15, 0.2) is 158 Å². The van der Waals surface area contributed by atoms with Crippen molar-refractivity contribution in [1.82, 2.24) is 0 Å². The number of rotatable bonds is 86. The minimum Gasteiger partial charge on any atom is -0.463 e. The Labute approximate surface area is 701 Å². The maximum absolute atomic E-state index is 13.0. The van der Waals surface area contributed by atoms with Crippen molar-refractivity contribution in [2.75, 3.05) is 39.6 Å². The highest BCUT2D eigenvalue weighted by Crippen LogP contribution is 2.45. The lowest BCUT2D eigenvalue weighted by atomic mass is 10.0. The van der Waals surface area contributed by atoms with Gasteiger partial charge >= 0.3 is 33.6 Å². The van der Waals surface area contributed by atoms with E-state index in [9.17, 15) is 43.5 Å². The SMILES string of the molecule is CC/C=C\C/C=C\C/C=C\C/C=C\C/C=C\CCCCCCCCCCCCCC(=O)OCC(COP(=O)(O)OCC(O)COP(=O)(O)OCC(O)COC(=O)CCCCCCCCCCCCCCCCCCCCC/C=C\C/C=C\C/C=C\C/C=C\CCCCC)OC(=O)CCCCCC/C=C\C/C=C\C/C=C\C/C=C\CC. The molecule has 0 heterocycles. The fourth-order valence-corrected chi connectivity index (χ4v) is 13.9. The second-order valence-corrected chi connectivity index (χ2v) is 33.2. The Morgan fingerprint density at radius 1 is 0.252 bits per heavy atom. The van der Waals surface area contributed by atoms with Crippen LogP contribution in [0.25, 0.3) is 0 Å². The Hall–Kier alpha value is -4.83. The first-order valence-electron chi connectivity index (χ1n) is 45.8. The van der Waals surface area contributed by atoms with Gasteiger partial charge in [0.05, 0.1) is 26.4 Å². The number of esters is 3. The van der Waals surface area contributed by atoms with Gasteiger partial charge in [0.25, 0.3) is 0 Å². The highest BCUT2D eigenvalue weighted by Gasteiger charge is 2.29. The predicted octanol–water partition coefficient (Wildman–Crippen LogP) is 28.1. The molecule has 0 fully saturated rings. The van der Waals surface area contributed by atoms with Gasteiger partial charge in [-0.2, -0.15) is 0 Å². The van der Waals surface area contributed by atoms with Crippen molar-refractivity contribution in [2.24, 2.45) is 0 Å². The van der Waals surface area contributed by atoms with Crippen LogP contribution in [0.1, 0.15) is 380 Å².